The summed E-state index contributed by atoms with van der Waals surface area (Å²) < 4.78 is 10.2. The van der Waals surface area contributed by atoms with Crippen molar-refractivity contribution in [1.82, 2.24) is 40.5 Å². The molecule has 3 amide bonds. The van der Waals surface area contributed by atoms with Crippen LogP contribution < -0.4 is 10.6 Å². The summed E-state index contributed by atoms with van der Waals surface area (Å²) in [6.45, 7) is 2.77. The van der Waals surface area contributed by atoms with Crippen LogP contribution in [0.25, 0.3) is 33.6 Å². The van der Waals surface area contributed by atoms with Crippen LogP contribution in [-0.2, 0) is 25.6 Å². The summed E-state index contributed by atoms with van der Waals surface area (Å²) in [7, 11) is 2.77. The minimum absolute atomic E-state index is 0.0716. The Balaban J connectivity index is 0.920. The van der Waals surface area contributed by atoms with Crippen molar-refractivity contribution in [2.45, 2.75) is 69.7 Å². The Hall–Kier alpha value is -5.34. The third-order valence-electron chi connectivity index (χ3n) is 11.8. The number of imidazole rings is 2. The average molecular weight is 763 g/mol. The normalized spacial score (nSPS) is 22.7. The standard InChI is InChI=1S/C41H46N8O5S/c1-23(53-2)36(48-41(52)54-3)40(51)49-17-4-5-32(49)37-43-20-30(46-37)26-10-6-24(7-11-26)25-8-12-27(13-9-25)31-21-44-38(47-31)34-28-14-15-29(19-28)35(34)39(50)45-22-33-42-16-18-55-33/h6-13,16,18,20-21,23,28-29,32,34-36H,4-5,14-15,17,19,22H2,1-3H3,(H,43,46)(H,44,47)(H,45,50)(H,48,52)/t23-,28?,29?,32+,34?,35-,36+/m1/s1. The highest BCUT2D eigenvalue weighted by atomic mass is 32.1. The molecule has 55 heavy (non-hydrogen) atoms. The molecule has 3 unspecified atom stereocenters. The fraction of sp³-hybridized carbons (Fsp3) is 0.415. The lowest BCUT2D eigenvalue weighted by atomic mass is 9.78. The number of likely N-dealkylation sites (tertiary alicyclic amines) is 1. The SMILES string of the molecule is COC(=O)N[C@H](C(=O)N1CCC[C@H]1c1ncc(-c2ccc(-c3ccc(-c4cnc(C5C6CCC(C6)[C@H]5C(=O)NCc5nccs5)[nH]4)cc3)cc2)[nH]1)[C@@H](C)OC. The zero-order valence-corrected chi connectivity index (χ0v) is 32.0. The summed E-state index contributed by atoms with van der Waals surface area (Å²) in [6, 6.07) is 15.6. The fourth-order valence-corrected chi connectivity index (χ4v) is 9.42. The Morgan fingerprint density at radius 1 is 0.873 bits per heavy atom. The van der Waals surface area contributed by atoms with Crippen molar-refractivity contribution >= 4 is 29.2 Å². The van der Waals surface area contributed by atoms with Crippen molar-refractivity contribution in [3.63, 3.8) is 0 Å². The minimum Gasteiger partial charge on any atom is -0.453 e. The van der Waals surface area contributed by atoms with E-state index in [9.17, 15) is 14.4 Å². The number of nitrogens with one attached hydrogen (secondary N) is 4. The van der Waals surface area contributed by atoms with Gasteiger partial charge in [-0.25, -0.2) is 19.7 Å². The number of rotatable bonds is 12. The van der Waals surface area contributed by atoms with Crippen LogP contribution in [0, 0.1) is 17.8 Å². The summed E-state index contributed by atoms with van der Waals surface area (Å²) in [6.07, 6.45) is 9.14. The van der Waals surface area contributed by atoms with E-state index >= 15 is 0 Å². The number of thiazole rings is 1. The average Bonchev–Trinajstić information content (AvgIpc) is 4.08. The molecule has 4 N–H and O–H groups in total. The first-order valence-corrected chi connectivity index (χ1v) is 19.8. The monoisotopic (exact) mass is 762 g/mol. The van der Waals surface area contributed by atoms with E-state index in [2.05, 4.69) is 79.1 Å². The Labute approximate surface area is 323 Å². The summed E-state index contributed by atoms with van der Waals surface area (Å²) in [5.41, 5.74) is 6.00. The number of amides is 3. The number of carbonyl (C=O) groups is 3. The number of H-pyrrole nitrogens is 2. The van der Waals surface area contributed by atoms with Crippen molar-refractivity contribution in [3.05, 3.63) is 89.2 Å². The predicted molar refractivity (Wildman–Crippen MR) is 208 cm³/mol. The molecule has 3 fully saturated rings. The topological polar surface area (TPSA) is 167 Å². The van der Waals surface area contributed by atoms with Gasteiger partial charge in [-0.1, -0.05) is 48.5 Å². The summed E-state index contributed by atoms with van der Waals surface area (Å²) in [5.74, 6) is 2.38. The first kappa shape index (κ1) is 36.6. The lowest BCUT2D eigenvalue weighted by Gasteiger charge is -2.30. The van der Waals surface area contributed by atoms with Gasteiger partial charge in [0.05, 0.1) is 55.5 Å². The van der Waals surface area contributed by atoms with Crippen molar-refractivity contribution < 1.29 is 23.9 Å². The molecule has 13 nitrogen and oxygen atoms in total. The number of benzene rings is 2. The Morgan fingerprint density at radius 3 is 2.15 bits per heavy atom. The Bertz CT molecular complexity index is 2110. The first-order valence-electron chi connectivity index (χ1n) is 19.0. The van der Waals surface area contributed by atoms with E-state index in [1.807, 2.05) is 11.6 Å². The van der Waals surface area contributed by atoms with Crippen molar-refractivity contribution in [1.29, 1.82) is 0 Å². The van der Waals surface area contributed by atoms with Crippen LogP contribution in [-0.4, -0.2) is 80.6 Å². The van der Waals surface area contributed by atoms with Crippen LogP contribution in [0.2, 0.25) is 0 Å². The van der Waals surface area contributed by atoms with Gasteiger partial charge in [0.2, 0.25) is 11.8 Å². The van der Waals surface area contributed by atoms with E-state index in [1.54, 1.807) is 35.6 Å². The minimum atomic E-state index is -0.884. The third kappa shape index (κ3) is 7.40. The number of alkyl carbamates (subject to hydrolysis) is 1. The van der Waals surface area contributed by atoms with Crippen LogP contribution in [0.5, 0.6) is 0 Å². The molecule has 2 aromatic carbocycles. The zero-order valence-electron chi connectivity index (χ0n) is 31.2. The molecule has 2 aliphatic carbocycles. The van der Waals surface area contributed by atoms with Gasteiger partial charge in [-0.2, -0.15) is 0 Å². The second-order valence-electron chi connectivity index (χ2n) is 14.8. The summed E-state index contributed by atoms with van der Waals surface area (Å²) >= 11 is 1.56. The van der Waals surface area contributed by atoms with Crippen LogP contribution in [0.15, 0.2) is 72.5 Å². The number of hydrogen-bond acceptors (Lipinski definition) is 9. The van der Waals surface area contributed by atoms with Gasteiger partial charge in [-0.15, -0.1) is 11.3 Å². The quantitative estimate of drug-likeness (QED) is 0.112. The molecule has 3 aromatic heterocycles. The maximum Gasteiger partial charge on any atom is 0.407 e. The molecule has 4 heterocycles. The van der Waals surface area contributed by atoms with Gasteiger partial charge in [0, 0.05) is 31.1 Å². The highest BCUT2D eigenvalue weighted by Crippen LogP contribution is 2.56. The molecule has 2 bridgehead atoms. The predicted octanol–water partition coefficient (Wildman–Crippen LogP) is 6.46. The third-order valence-corrected chi connectivity index (χ3v) is 12.5. The molecular formula is C41H46N8O5S. The Morgan fingerprint density at radius 2 is 1.51 bits per heavy atom. The largest absolute Gasteiger partial charge is 0.453 e. The molecular weight excluding hydrogens is 717 g/mol. The van der Waals surface area contributed by atoms with E-state index in [0.717, 1.165) is 76.6 Å². The second kappa shape index (κ2) is 15.8. The summed E-state index contributed by atoms with van der Waals surface area (Å²) in [5, 5.41) is 8.63. The van der Waals surface area contributed by atoms with E-state index in [1.165, 1.54) is 14.2 Å². The Kier molecular flexibility index (Phi) is 10.5. The number of carbonyl (C=O) groups excluding carboxylic acids is 3. The van der Waals surface area contributed by atoms with Gasteiger partial charge in [-0.05, 0) is 73.1 Å². The van der Waals surface area contributed by atoms with Crippen LogP contribution in [0.3, 0.4) is 0 Å². The molecule has 8 rings (SSSR count). The molecule has 286 valence electrons. The molecule has 1 saturated heterocycles. The molecule has 2 saturated carbocycles. The molecule has 5 aromatic rings. The van der Waals surface area contributed by atoms with Gasteiger partial charge in [0.1, 0.15) is 22.7 Å². The van der Waals surface area contributed by atoms with Crippen LogP contribution >= 0.6 is 11.3 Å². The van der Waals surface area contributed by atoms with E-state index in [4.69, 9.17) is 14.5 Å². The number of aromatic nitrogens is 5. The van der Waals surface area contributed by atoms with Gasteiger partial charge in [0.15, 0.2) is 0 Å². The van der Waals surface area contributed by atoms with Gasteiger partial charge < -0.3 is 35.0 Å². The number of hydrogen-bond donors (Lipinski definition) is 4. The zero-order chi connectivity index (χ0) is 38.1. The van der Waals surface area contributed by atoms with Crippen molar-refractivity contribution in [2.24, 2.45) is 17.8 Å². The van der Waals surface area contributed by atoms with E-state index in [0.29, 0.717) is 30.7 Å². The number of ether oxygens (including phenoxy) is 2. The van der Waals surface area contributed by atoms with Crippen molar-refractivity contribution in [2.75, 3.05) is 20.8 Å². The van der Waals surface area contributed by atoms with Crippen LogP contribution in [0.4, 0.5) is 4.79 Å². The molecule has 3 aliphatic rings. The van der Waals surface area contributed by atoms with E-state index in [-0.39, 0.29) is 29.7 Å². The smallest absolute Gasteiger partial charge is 0.407 e. The highest BCUT2D eigenvalue weighted by Gasteiger charge is 2.52. The maximum atomic E-state index is 13.6. The van der Waals surface area contributed by atoms with Crippen LogP contribution in [0.1, 0.15) is 67.6 Å². The maximum absolute atomic E-state index is 13.6. The van der Waals surface area contributed by atoms with Gasteiger partial charge in [-0.3, -0.25) is 9.59 Å². The number of fused-ring (bicyclic) bond motifs is 2. The number of nitrogens with zero attached hydrogens (tertiary/aromatic N) is 4. The lowest BCUT2D eigenvalue weighted by molar-refractivity contribution is -0.137. The number of aromatic amines is 2. The highest BCUT2D eigenvalue weighted by molar-refractivity contribution is 7.09. The summed E-state index contributed by atoms with van der Waals surface area (Å²) in [4.78, 5) is 61.6. The number of methoxy groups -OCH3 is 2. The van der Waals surface area contributed by atoms with Crippen molar-refractivity contribution in [3.8, 4) is 33.6 Å². The second-order valence-corrected chi connectivity index (χ2v) is 15.8. The molecule has 0 spiro atoms. The van der Waals surface area contributed by atoms with Gasteiger partial charge in [0.25, 0.3) is 0 Å². The lowest BCUT2D eigenvalue weighted by Crippen LogP contribution is -2.54. The first-order chi connectivity index (χ1) is 26.8. The molecule has 1 aliphatic heterocycles. The molecule has 0 radical (unpaired) electrons. The molecule has 7 atom stereocenters. The van der Waals surface area contributed by atoms with Gasteiger partial charge >= 0.3 is 6.09 Å². The molecule has 14 heteroatoms. The van der Waals surface area contributed by atoms with E-state index < -0.39 is 18.2 Å². The fourth-order valence-electron chi connectivity index (χ4n) is 8.87.